The van der Waals surface area contributed by atoms with Crippen molar-refractivity contribution < 1.29 is 35.8 Å². The Kier molecular flexibility index (Phi) is 6.26. The predicted molar refractivity (Wildman–Crippen MR) is 111 cm³/mol. The Morgan fingerprint density at radius 2 is 1.71 bits per heavy atom. The minimum absolute atomic E-state index is 0.365. The molecule has 5 nitrogen and oxygen atoms in total. The molecule has 0 bridgehead atoms. The van der Waals surface area contributed by atoms with E-state index in [4.69, 9.17) is 9.47 Å². The summed E-state index contributed by atoms with van der Waals surface area (Å²) >= 11 is 0. The third kappa shape index (κ3) is 4.57. The van der Waals surface area contributed by atoms with Crippen molar-refractivity contribution in [2.75, 3.05) is 7.11 Å². The van der Waals surface area contributed by atoms with Gasteiger partial charge in [-0.1, -0.05) is 12.1 Å². The minimum atomic E-state index is -4.93. The highest BCUT2D eigenvalue weighted by atomic mass is 19.4. The van der Waals surface area contributed by atoms with E-state index in [0.717, 1.165) is 22.4 Å². The molecule has 2 fully saturated rings. The smallest absolute Gasteiger partial charge is 0.423 e. The Bertz CT molecular complexity index is 1120. The first-order chi connectivity index (χ1) is 16.0. The van der Waals surface area contributed by atoms with E-state index >= 15 is 0 Å². The topological polar surface area (TPSA) is 48.1 Å². The number of hydrogen-bond donors (Lipinski definition) is 0. The lowest BCUT2D eigenvalue weighted by Crippen LogP contribution is -2.38. The molecule has 0 N–H and O–H groups in total. The molecule has 11 heteroatoms. The van der Waals surface area contributed by atoms with E-state index in [9.17, 15) is 26.3 Å². The molecule has 1 aromatic carbocycles. The van der Waals surface area contributed by atoms with Crippen molar-refractivity contribution in [1.82, 2.24) is 4.57 Å². The van der Waals surface area contributed by atoms with Crippen LogP contribution >= 0.6 is 0 Å². The number of ether oxygens (including phenoxy) is 2. The fourth-order valence-corrected chi connectivity index (χ4v) is 4.55. The fraction of sp³-hybridized carbons (Fsp3) is 0.478. The molecular formula is C23H23F6N3O2. The zero-order chi connectivity index (χ0) is 24.7. The normalized spacial score (nSPS) is 26.9. The molecule has 2 saturated carbocycles. The van der Waals surface area contributed by atoms with Crippen LogP contribution in [0, 0.1) is 5.82 Å². The number of hydrogen-bond acceptors (Lipinski definition) is 4. The van der Waals surface area contributed by atoms with Gasteiger partial charge in [-0.15, -0.1) is 5.10 Å². The second-order valence-corrected chi connectivity index (χ2v) is 8.53. The average Bonchev–Trinajstić information content (AvgIpc) is 3.42. The third-order valence-electron chi connectivity index (χ3n) is 6.47. The largest absolute Gasteiger partial charge is 0.490 e. The summed E-state index contributed by atoms with van der Waals surface area (Å²) in [6.45, 7) is 3.08. The van der Waals surface area contributed by atoms with Gasteiger partial charge in [-0.2, -0.15) is 18.3 Å². The van der Waals surface area contributed by atoms with Crippen LogP contribution in [-0.4, -0.2) is 30.4 Å². The van der Waals surface area contributed by atoms with Crippen LogP contribution in [0.2, 0.25) is 0 Å². The van der Waals surface area contributed by atoms with Gasteiger partial charge in [-0.3, -0.25) is 0 Å². The second-order valence-electron chi connectivity index (χ2n) is 8.53. The van der Waals surface area contributed by atoms with Crippen LogP contribution in [-0.2, 0) is 16.5 Å². The molecule has 0 radical (unpaired) electrons. The molecule has 2 aromatic rings. The van der Waals surface area contributed by atoms with Gasteiger partial charge in [0.2, 0.25) is 0 Å². The van der Waals surface area contributed by atoms with E-state index in [1.165, 1.54) is 19.2 Å². The third-order valence-corrected chi connectivity index (χ3v) is 6.47. The Balaban J connectivity index is 1.61. The summed E-state index contributed by atoms with van der Waals surface area (Å²) in [6.07, 6.45) is -3.37. The van der Waals surface area contributed by atoms with Crippen molar-refractivity contribution >= 4 is 6.72 Å². The summed E-state index contributed by atoms with van der Waals surface area (Å²) < 4.78 is 94.9. The van der Waals surface area contributed by atoms with Crippen molar-refractivity contribution in [1.29, 1.82) is 0 Å². The first-order valence-electron chi connectivity index (χ1n) is 10.7. The van der Waals surface area contributed by atoms with Crippen LogP contribution in [0.4, 0.5) is 26.3 Å². The maximum atomic E-state index is 14.0. The molecule has 2 aliphatic rings. The number of halogens is 6. The monoisotopic (exact) mass is 487 g/mol. The number of benzene rings is 1. The summed E-state index contributed by atoms with van der Waals surface area (Å²) in [5.41, 5.74) is -1.97. The van der Waals surface area contributed by atoms with Crippen LogP contribution in [0.3, 0.4) is 0 Å². The lowest BCUT2D eigenvalue weighted by Gasteiger charge is -2.39. The number of pyridine rings is 1. The molecule has 1 unspecified atom stereocenters. The Hall–Kier alpha value is -2.82. The summed E-state index contributed by atoms with van der Waals surface area (Å²) in [6, 6.07) is 5.52. The van der Waals surface area contributed by atoms with Gasteiger partial charge in [0.1, 0.15) is 23.2 Å². The van der Waals surface area contributed by atoms with E-state index < -0.39 is 53.1 Å². The van der Waals surface area contributed by atoms with E-state index in [1.807, 2.05) is 0 Å². The van der Waals surface area contributed by atoms with Gasteiger partial charge in [0.05, 0.1) is 11.7 Å². The van der Waals surface area contributed by atoms with Crippen molar-refractivity contribution in [3.63, 3.8) is 0 Å². The van der Waals surface area contributed by atoms with Gasteiger partial charge in [-0.05, 0) is 49.4 Å². The summed E-state index contributed by atoms with van der Waals surface area (Å²) in [5, 5.41) is 6.60. The summed E-state index contributed by atoms with van der Waals surface area (Å²) in [5.74, 6) is -4.01. The quantitative estimate of drug-likeness (QED) is 0.302. The number of methoxy groups -OCH3 is 1. The Labute approximate surface area is 191 Å². The fourth-order valence-electron chi connectivity index (χ4n) is 4.55. The zero-order valence-corrected chi connectivity index (χ0v) is 18.3. The zero-order valence-electron chi connectivity index (χ0n) is 18.3. The summed E-state index contributed by atoms with van der Waals surface area (Å²) in [7, 11) is 1.53. The lowest BCUT2D eigenvalue weighted by atomic mass is 9.78. The van der Waals surface area contributed by atoms with Gasteiger partial charge in [-0.25, -0.2) is 13.2 Å². The first-order valence-corrected chi connectivity index (χ1v) is 10.7. The van der Waals surface area contributed by atoms with Crippen molar-refractivity contribution in [3.05, 3.63) is 59.0 Å². The molecule has 1 aromatic heterocycles. The van der Waals surface area contributed by atoms with Crippen LogP contribution in [0.5, 0.6) is 5.75 Å². The van der Waals surface area contributed by atoms with Crippen molar-refractivity contribution in [3.8, 4) is 5.75 Å². The SMILES string of the molecule is C=N/N=c1/c(C(F)(F)F)c(OC2CCC(OC)(c3ccc(F)cc3)CC2)ccn1C1CC1(F)F. The number of rotatable bonds is 6. The van der Waals surface area contributed by atoms with E-state index in [1.54, 1.807) is 12.1 Å². The number of aromatic nitrogens is 1. The van der Waals surface area contributed by atoms with Crippen molar-refractivity contribution in [2.24, 2.45) is 10.2 Å². The lowest BCUT2D eigenvalue weighted by molar-refractivity contribution is -0.141. The highest BCUT2D eigenvalue weighted by molar-refractivity contribution is 5.35. The van der Waals surface area contributed by atoms with Gasteiger partial charge in [0.25, 0.3) is 5.92 Å². The Morgan fingerprint density at radius 1 is 1.09 bits per heavy atom. The molecular weight excluding hydrogens is 464 g/mol. The molecule has 0 saturated heterocycles. The average molecular weight is 487 g/mol. The minimum Gasteiger partial charge on any atom is -0.490 e. The first kappa shape index (κ1) is 24.3. The standard InChI is InChI=1S/C23H23F6N3O2/c1-30-31-20-19(23(27,28)29)17(9-12-32(20)18-13-22(18,25)26)34-16-7-10-21(33-2,11-8-16)14-3-5-15(24)6-4-14/h3-6,9,12,16,18H,1,7-8,10-11,13H2,2H3/b31-20-. The van der Waals surface area contributed by atoms with Crippen molar-refractivity contribution in [2.45, 2.75) is 61.9 Å². The van der Waals surface area contributed by atoms with Crippen LogP contribution < -0.4 is 10.2 Å². The molecule has 4 rings (SSSR count). The van der Waals surface area contributed by atoms with Gasteiger partial charge < -0.3 is 14.0 Å². The summed E-state index contributed by atoms with van der Waals surface area (Å²) in [4.78, 5) is 0. The number of alkyl halides is 5. The van der Waals surface area contributed by atoms with E-state index in [0.29, 0.717) is 25.7 Å². The molecule has 1 heterocycles. The molecule has 34 heavy (non-hydrogen) atoms. The van der Waals surface area contributed by atoms with E-state index in [2.05, 4.69) is 16.9 Å². The van der Waals surface area contributed by atoms with Gasteiger partial charge in [0, 0.05) is 26.4 Å². The van der Waals surface area contributed by atoms with Crippen LogP contribution in [0.25, 0.3) is 0 Å². The molecule has 0 aliphatic heterocycles. The van der Waals surface area contributed by atoms with Crippen LogP contribution in [0.15, 0.2) is 46.7 Å². The highest BCUT2D eigenvalue weighted by Crippen LogP contribution is 2.52. The molecule has 0 spiro atoms. The van der Waals surface area contributed by atoms with Gasteiger partial charge in [0.15, 0.2) is 5.49 Å². The maximum absolute atomic E-state index is 14.0. The number of nitrogens with zero attached hydrogens (tertiary/aromatic N) is 3. The molecule has 184 valence electrons. The molecule has 2 aliphatic carbocycles. The second kappa shape index (κ2) is 8.75. The maximum Gasteiger partial charge on any atom is 0.423 e. The predicted octanol–water partition coefficient (Wildman–Crippen LogP) is 5.61. The van der Waals surface area contributed by atoms with E-state index in [-0.39, 0.29) is 5.82 Å². The highest BCUT2D eigenvalue weighted by Gasteiger charge is 2.59. The Morgan fingerprint density at radius 3 is 2.21 bits per heavy atom. The molecule has 1 atom stereocenters. The molecule has 0 amide bonds. The van der Waals surface area contributed by atoms with Gasteiger partial charge >= 0.3 is 6.18 Å². The van der Waals surface area contributed by atoms with Crippen LogP contribution in [0.1, 0.15) is 49.3 Å².